The van der Waals surface area contributed by atoms with Crippen LogP contribution in [0.3, 0.4) is 0 Å². The van der Waals surface area contributed by atoms with Crippen LogP contribution in [-0.2, 0) is 13.0 Å². The standard InChI is InChI=1S/C25H23Cl2N3O2/c1-32-24-11-8-17(15-28-29-25(31)19-9-10-21(26)22(27)14-19)13-20(24)16-30-12-4-6-18-5-2-3-7-23(18)30/h2-3,5,7-11,13-15H,4,6,12,16H2,1H3,(H,29,31). The molecule has 32 heavy (non-hydrogen) atoms. The average molecular weight is 468 g/mol. The number of carbonyl (C=O) groups excluding carboxylic acids is 1. The van der Waals surface area contributed by atoms with E-state index in [0.717, 1.165) is 42.8 Å². The van der Waals surface area contributed by atoms with Crippen LogP contribution in [-0.4, -0.2) is 25.8 Å². The molecule has 1 amide bonds. The van der Waals surface area contributed by atoms with Gasteiger partial charge in [0.25, 0.3) is 5.91 Å². The van der Waals surface area contributed by atoms with Crippen molar-refractivity contribution in [3.05, 3.63) is 93.0 Å². The van der Waals surface area contributed by atoms with E-state index in [9.17, 15) is 4.79 Å². The van der Waals surface area contributed by atoms with E-state index in [1.165, 1.54) is 17.3 Å². The van der Waals surface area contributed by atoms with Gasteiger partial charge >= 0.3 is 0 Å². The van der Waals surface area contributed by atoms with Gasteiger partial charge in [-0.2, -0.15) is 5.10 Å². The number of anilines is 1. The van der Waals surface area contributed by atoms with Crippen molar-refractivity contribution < 1.29 is 9.53 Å². The van der Waals surface area contributed by atoms with Crippen LogP contribution in [0.15, 0.2) is 65.8 Å². The number of hydrogen-bond acceptors (Lipinski definition) is 4. The second-order valence-corrected chi connectivity index (χ2v) is 8.37. The van der Waals surface area contributed by atoms with Gasteiger partial charge in [-0.3, -0.25) is 4.79 Å². The van der Waals surface area contributed by atoms with E-state index >= 15 is 0 Å². The number of benzene rings is 3. The molecule has 0 fully saturated rings. The Kier molecular flexibility index (Phi) is 6.98. The molecule has 7 heteroatoms. The van der Waals surface area contributed by atoms with E-state index in [4.69, 9.17) is 27.9 Å². The smallest absolute Gasteiger partial charge is 0.271 e. The minimum absolute atomic E-state index is 0.322. The fraction of sp³-hybridized carbons (Fsp3) is 0.200. The van der Waals surface area contributed by atoms with E-state index in [1.54, 1.807) is 25.5 Å². The summed E-state index contributed by atoms with van der Waals surface area (Å²) in [4.78, 5) is 14.7. The Morgan fingerprint density at radius 1 is 1.12 bits per heavy atom. The third-order valence-electron chi connectivity index (χ3n) is 5.43. The molecule has 0 spiro atoms. The first-order chi connectivity index (χ1) is 15.5. The Balaban J connectivity index is 1.48. The molecule has 4 rings (SSSR count). The fourth-order valence-corrected chi connectivity index (χ4v) is 4.15. The summed E-state index contributed by atoms with van der Waals surface area (Å²) in [6, 6.07) is 19.1. The van der Waals surface area contributed by atoms with Gasteiger partial charge in [-0.05, 0) is 66.4 Å². The summed E-state index contributed by atoms with van der Waals surface area (Å²) in [6.45, 7) is 1.73. The molecule has 164 valence electrons. The number of halogens is 2. The molecule has 0 bridgehead atoms. The molecule has 3 aromatic carbocycles. The van der Waals surface area contributed by atoms with Gasteiger partial charge in [0.05, 0.1) is 23.4 Å². The van der Waals surface area contributed by atoms with Crippen LogP contribution < -0.4 is 15.1 Å². The highest BCUT2D eigenvalue weighted by Gasteiger charge is 2.18. The summed E-state index contributed by atoms with van der Waals surface area (Å²) in [7, 11) is 1.67. The zero-order valence-electron chi connectivity index (χ0n) is 17.6. The summed E-state index contributed by atoms with van der Waals surface area (Å²) in [5, 5.41) is 4.81. The van der Waals surface area contributed by atoms with Gasteiger partial charge in [-0.1, -0.05) is 41.4 Å². The molecule has 1 heterocycles. The maximum absolute atomic E-state index is 12.3. The van der Waals surface area contributed by atoms with Crippen LogP contribution in [0.2, 0.25) is 10.0 Å². The maximum Gasteiger partial charge on any atom is 0.271 e. The van der Waals surface area contributed by atoms with Crippen molar-refractivity contribution in [2.24, 2.45) is 5.10 Å². The highest BCUT2D eigenvalue weighted by Crippen LogP contribution is 2.30. The number of amides is 1. The first-order valence-corrected chi connectivity index (χ1v) is 11.1. The van der Waals surface area contributed by atoms with Crippen molar-refractivity contribution in [3.63, 3.8) is 0 Å². The third-order valence-corrected chi connectivity index (χ3v) is 6.17. The lowest BCUT2D eigenvalue weighted by molar-refractivity contribution is 0.0955. The Morgan fingerprint density at radius 2 is 1.97 bits per heavy atom. The van der Waals surface area contributed by atoms with Crippen molar-refractivity contribution in [2.45, 2.75) is 19.4 Å². The van der Waals surface area contributed by atoms with Crippen molar-refractivity contribution in [2.75, 3.05) is 18.6 Å². The second-order valence-electron chi connectivity index (χ2n) is 7.55. The van der Waals surface area contributed by atoms with Gasteiger partial charge in [0.15, 0.2) is 0 Å². The third kappa shape index (κ3) is 5.06. The average Bonchev–Trinajstić information content (AvgIpc) is 2.81. The molecule has 0 saturated heterocycles. The lowest BCUT2D eigenvalue weighted by Gasteiger charge is -2.31. The number of methoxy groups -OCH3 is 1. The van der Waals surface area contributed by atoms with Crippen molar-refractivity contribution in [1.82, 2.24) is 5.43 Å². The predicted octanol–water partition coefficient (Wildman–Crippen LogP) is 5.72. The number of carbonyl (C=O) groups is 1. The molecule has 0 saturated carbocycles. The molecule has 0 atom stereocenters. The summed E-state index contributed by atoms with van der Waals surface area (Å²) in [5.41, 5.74) is 7.48. The molecule has 0 aromatic heterocycles. The topological polar surface area (TPSA) is 53.9 Å². The molecule has 5 nitrogen and oxygen atoms in total. The number of ether oxygens (including phenoxy) is 1. The van der Waals surface area contributed by atoms with Crippen molar-refractivity contribution >= 4 is 41.0 Å². The first-order valence-electron chi connectivity index (χ1n) is 10.3. The molecular weight excluding hydrogens is 445 g/mol. The van der Waals surface area contributed by atoms with Crippen molar-refractivity contribution in [3.8, 4) is 5.75 Å². The molecule has 1 aliphatic rings. The predicted molar refractivity (Wildman–Crippen MR) is 130 cm³/mol. The van der Waals surface area contributed by atoms with Gasteiger partial charge in [0.1, 0.15) is 5.75 Å². The van der Waals surface area contributed by atoms with Gasteiger partial charge in [-0.15, -0.1) is 0 Å². The monoisotopic (exact) mass is 467 g/mol. The molecule has 0 aliphatic carbocycles. The normalized spacial score (nSPS) is 13.2. The minimum atomic E-state index is -0.363. The molecule has 0 unspecified atom stereocenters. The van der Waals surface area contributed by atoms with Gasteiger partial charge in [0, 0.05) is 29.9 Å². The summed E-state index contributed by atoms with van der Waals surface area (Å²) in [6.07, 6.45) is 3.85. The Hall–Kier alpha value is -3.02. The summed E-state index contributed by atoms with van der Waals surface area (Å²) >= 11 is 11.9. The van der Waals surface area contributed by atoms with E-state index in [1.807, 2.05) is 18.2 Å². The number of para-hydroxylation sites is 1. The number of hydrazone groups is 1. The Bertz CT molecular complexity index is 1160. The fourth-order valence-electron chi connectivity index (χ4n) is 3.85. The molecule has 3 aromatic rings. The van der Waals surface area contributed by atoms with E-state index in [0.29, 0.717) is 15.6 Å². The minimum Gasteiger partial charge on any atom is -0.496 e. The number of rotatable bonds is 6. The highest BCUT2D eigenvalue weighted by atomic mass is 35.5. The van der Waals surface area contributed by atoms with Gasteiger partial charge in [-0.25, -0.2) is 5.43 Å². The van der Waals surface area contributed by atoms with Crippen LogP contribution in [0.1, 0.15) is 33.5 Å². The van der Waals surface area contributed by atoms with Crippen LogP contribution in [0.25, 0.3) is 0 Å². The number of aryl methyl sites for hydroxylation is 1. The summed E-state index contributed by atoms with van der Waals surface area (Å²) in [5.74, 6) is 0.462. The van der Waals surface area contributed by atoms with Crippen LogP contribution in [0, 0.1) is 0 Å². The first kappa shape index (κ1) is 22.2. The van der Waals surface area contributed by atoms with Crippen LogP contribution in [0.5, 0.6) is 5.75 Å². The Morgan fingerprint density at radius 3 is 2.78 bits per heavy atom. The van der Waals surface area contributed by atoms with E-state index < -0.39 is 0 Å². The molecule has 0 radical (unpaired) electrons. The van der Waals surface area contributed by atoms with E-state index in [-0.39, 0.29) is 5.91 Å². The lowest BCUT2D eigenvalue weighted by atomic mass is 10.0. The second kappa shape index (κ2) is 10.1. The number of hydrogen-bond donors (Lipinski definition) is 1. The Labute approximate surface area is 197 Å². The van der Waals surface area contributed by atoms with Crippen LogP contribution in [0.4, 0.5) is 5.69 Å². The molecule has 1 N–H and O–H groups in total. The molecular formula is C25H23Cl2N3O2. The largest absolute Gasteiger partial charge is 0.496 e. The van der Waals surface area contributed by atoms with Gasteiger partial charge < -0.3 is 9.64 Å². The van der Waals surface area contributed by atoms with E-state index in [2.05, 4.69) is 39.7 Å². The van der Waals surface area contributed by atoms with Gasteiger partial charge in [0.2, 0.25) is 0 Å². The summed E-state index contributed by atoms with van der Waals surface area (Å²) < 4.78 is 5.59. The number of fused-ring (bicyclic) bond motifs is 1. The van der Waals surface area contributed by atoms with Crippen LogP contribution >= 0.6 is 23.2 Å². The number of nitrogens with one attached hydrogen (secondary N) is 1. The quantitative estimate of drug-likeness (QED) is 0.372. The van der Waals surface area contributed by atoms with Crippen molar-refractivity contribution in [1.29, 1.82) is 0 Å². The number of nitrogens with zero attached hydrogens (tertiary/aromatic N) is 2. The zero-order valence-corrected chi connectivity index (χ0v) is 19.2. The zero-order chi connectivity index (χ0) is 22.5. The molecule has 1 aliphatic heterocycles. The highest BCUT2D eigenvalue weighted by molar-refractivity contribution is 6.42. The lowest BCUT2D eigenvalue weighted by Crippen LogP contribution is -2.29. The SMILES string of the molecule is COc1ccc(C=NNC(=O)c2ccc(Cl)c(Cl)c2)cc1CN1CCCc2ccccc21. The maximum atomic E-state index is 12.3.